The first-order valence-electron chi connectivity index (χ1n) is 2.64. The zero-order valence-electron chi connectivity index (χ0n) is 4.76. The molecule has 0 amide bonds. The number of carbonyl (C=O) groups excluding carboxylic acids is 1. The van der Waals surface area contributed by atoms with E-state index in [-0.39, 0.29) is 17.9 Å². The van der Waals surface area contributed by atoms with Crippen LogP contribution < -0.4 is 5.73 Å². The zero-order valence-corrected chi connectivity index (χ0v) is 4.76. The van der Waals surface area contributed by atoms with Gasteiger partial charge in [-0.3, -0.25) is 4.79 Å². The maximum absolute atomic E-state index is 10.5. The largest absolute Gasteiger partial charge is 0.464 e. The van der Waals surface area contributed by atoms with Crippen LogP contribution in [0.1, 0.15) is 6.92 Å². The predicted octanol–water partition coefficient (Wildman–Crippen LogP) is -0.493. The summed E-state index contributed by atoms with van der Waals surface area (Å²) in [7, 11) is 0. The van der Waals surface area contributed by atoms with Gasteiger partial charge in [0, 0.05) is 0 Å². The molecule has 1 aliphatic heterocycles. The number of cyclic esters (lactones) is 1. The molecule has 1 rings (SSSR count). The SMILES string of the molecule is CC1C(=O)OCC1N. The van der Waals surface area contributed by atoms with Gasteiger partial charge < -0.3 is 10.5 Å². The first kappa shape index (κ1) is 5.56. The van der Waals surface area contributed by atoms with Crippen LogP contribution in [0.4, 0.5) is 0 Å². The molecule has 0 aromatic heterocycles. The van der Waals surface area contributed by atoms with Crippen LogP contribution in [0.2, 0.25) is 0 Å². The van der Waals surface area contributed by atoms with Crippen molar-refractivity contribution in [1.29, 1.82) is 0 Å². The average Bonchev–Trinajstić information content (AvgIpc) is 1.98. The topological polar surface area (TPSA) is 52.3 Å². The van der Waals surface area contributed by atoms with Crippen molar-refractivity contribution in [3.63, 3.8) is 0 Å². The third kappa shape index (κ3) is 0.690. The summed E-state index contributed by atoms with van der Waals surface area (Å²) in [6.07, 6.45) is 0. The number of rotatable bonds is 0. The molecule has 2 atom stereocenters. The van der Waals surface area contributed by atoms with E-state index in [9.17, 15) is 4.79 Å². The second kappa shape index (κ2) is 1.74. The molecule has 1 fully saturated rings. The van der Waals surface area contributed by atoms with Gasteiger partial charge in [0.2, 0.25) is 0 Å². The number of hydrogen-bond donors (Lipinski definition) is 1. The summed E-state index contributed by atoms with van der Waals surface area (Å²) in [5.74, 6) is -0.271. The Morgan fingerprint density at radius 3 is 2.62 bits per heavy atom. The molecule has 0 radical (unpaired) electrons. The monoisotopic (exact) mass is 115 g/mol. The van der Waals surface area contributed by atoms with Crippen LogP contribution >= 0.6 is 0 Å². The molecule has 46 valence electrons. The van der Waals surface area contributed by atoms with Crippen LogP contribution in [0, 0.1) is 5.92 Å². The number of ether oxygens (including phenoxy) is 1. The molecule has 2 unspecified atom stereocenters. The van der Waals surface area contributed by atoms with E-state index in [1.807, 2.05) is 0 Å². The molecular weight excluding hydrogens is 106 g/mol. The van der Waals surface area contributed by atoms with E-state index < -0.39 is 0 Å². The third-order valence-electron chi connectivity index (χ3n) is 1.43. The van der Waals surface area contributed by atoms with E-state index in [1.54, 1.807) is 6.92 Å². The van der Waals surface area contributed by atoms with Crippen molar-refractivity contribution in [1.82, 2.24) is 0 Å². The Morgan fingerprint density at radius 2 is 2.50 bits per heavy atom. The minimum absolute atomic E-state index is 0.0810. The highest BCUT2D eigenvalue weighted by Crippen LogP contribution is 2.10. The zero-order chi connectivity index (χ0) is 6.15. The Labute approximate surface area is 47.8 Å². The Kier molecular flexibility index (Phi) is 1.21. The first-order chi connectivity index (χ1) is 3.72. The Morgan fingerprint density at radius 1 is 1.88 bits per heavy atom. The van der Waals surface area contributed by atoms with Crippen LogP contribution in [0.25, 0.3) is 0 Å². The lowest BCUT2D eigenvalue weighted by Gasteiger charge is -1.98. The number of carbonyl (C=O) groups is 1. The average molecular weight is 115 g/mol. The maximum atomic E-state index is 10.5. The molecule has 3 heteroatoms. The maximum Gasteiger partial charge on any atom is 0.310 e. The molecule has 0 aromatic rings. The van der Waals surface area contributed by atoms with Crippen LogP contribution in [0.3, 0.4) is 0 Å². The minimum Gasteiger partial charge on any atom is -0.464 e. The quantitative estimate of drug-likeness (QED) is 0.433. The summed E-state index contributed by atoms with van der Waals surface area (Å²) in [4.78, 5) is 10.5. The molecule has 0 saturated carbocycles. The standard InChI is InChI=1S/C5H9NO2/c1-3-4(6)2-8-5(3)7/h3-4H,2,6H2,1H3. The Balaban J connectivity index is 2.56. The highest BCUT2D eigenvalue weighted by Gasteiger charge is 2.29. The van der Waals surface area contributed by atoms with E-state index in [0.717, 1.165) is 0 Å². The van der Waals surface area contributed by atoms with Crippen LogP contribution in [-0.4, -0.2) is 18.6 Å². The molecular formula is C5H9NO2. The molecule has 0 bridgehead atoms. The summed E-state index contributed by atoms with van der Waals surface area (Å²) >= 11 is 0. The smallest absolute Gasteiger partial charge is 0.310 e. The fourth-order valence-corrected chi connectivity index (χ4v) is 0.629. The lowest BCUT2D eigenvalue weighted by atomic mass is 10.1. The lowest BCUT2D eigenvalue weighted by Crippen LogP contribution is -2.27. The van der Waals surface area contributed by atoms with E-state index in [1.165, 1.54) is 0 Å². The molecule has 1 aliphatic rings. The van der Waals surface area contributed by atoms with E-state index in [4.69, 9.17) is 5.73 Å². The number of esters is 1. The van der Waals surface area contributed by atoms with Gasteiger partial charge in [0.05, 0.1) is 12.0 Å². The summed E-state index contributed by atoms with van der Waals surface area (Å²) in [5.41, 5.74) is 5.42. The van der Waals surface area contributed by atoms with Crippen molar-refractivity contribution in [3.05, 3.63) is 0 Å². The van der Waals surface area contributed by atoms with Crippen molar-refractivity contribution < 1.29 is 9.53 Å². The summed E-state index contributed by atoms with van der Waals surface area (Å²) < 4.78 is 4.61. The molecule has 2 N–H and O–H groups in total. The second-order valence-corrected chi connectivity index (χ2v) is 2.08. The van der Waals surface area contributed by atoms with Gasteiger partial charge in [-0.15, -0.1) is 0 Å². The molecule has 0 aromatic carbocycles. The highest BCUT2D eigenvalue weighted by molar-refractivity contribution is 5.74. The van der Waals surface area contributed by atoms with Crippen molar-refractivity contribution in [2.75, 3.05) is 6.61 Å². The third-order valence-corrected chi connectivity index (χ3v) is 1.43. The predicted molar refractivity (Wildman–Crippen MR) is 28.1 cm³/mol. The van der Waals surface area contributed by atoms with E-state index >= 15 is 0 Å². The van der Waals surface area contributed by atoms with Gasteiger partial charge in [-0.05, 0) is 0 Å². The molecule has 0 aliphatic carbocycles. The first-order valence-corrected chi connectivity index (χ1v) is 2.64. The van der Waals surface area contributed by atoms with E-state index in [2.05, 4.69) is 4.74 Å². The van der Waals surface area contributed by atoms with Crippen molar-refractivity contribution >= 4 is 5.97 Å². The van der Waals surface area contributed by atoms with Gasteiger partial charge in [0.25, 0.3) is 0 Å². The number of hydrogen-bond acceptors (Lipinski definition) is 3. The van der Waals surface area contributed by atoms with E-state index in [0.29, 0.717) is 6.61 Å². The normalized spacial score (nSPS) is 37.5. The summed E-state index contributed by atoms with van der Waals surface area (Å²) in [6, 6.07) is -0.0810. The fraction of sp³-hybridized carbons (Fsp3) is 0.800. The Bertz CT molecular complexity index is 113. The molecule has 1 heterocycles. The minimum atomic E-state index is -0.169. The summed E-state index contributed by atoms with van der Waals surface area (Å²) in [5, 5.41) is 0. The van der Waals surface area contributed by atoms with Gasteiger partial charge in [-0.2, -0.15) is 0 Å². The van der Waals surface area contributed by atoms with Gasteiger partial charge in [0.15, 0.2) is 0 Å². The summed E-state index contributed by atoms with van der Waals surface area (Å²) in [6.45, 7) is 2.17. The van der Waals surface area contributed by atoms with Crippen LogP contribution in [0.15, 0.2) is 0 Å². The highest BCUT2D eigenvalue weighted by atomic mass is 16.5. The lowest BCUT2D eigenvalue weighted by molar-refractivity contribution is -0.140. The van der Waals surface area contributed by atoms with Gasteiger partial charge >= 0.3 is 5.97 Å². The van der Waals surface area contributed by atoms with Gasteiger partial charge in [-0.25, -0.2) is 0 Å². The van der Waals surface area contributed by atoms with Crippen LogP contribution in [-0.2, 0) is 9.53 Å². The number of nitrogens with two attached hydrogens (primary N) is 1. The fourth-order valence-electron chi connectivity index (χ4n) is 0.629. The van der Waals surface area contributed by atoms with Crippen LogP contribution in [0.5, 0.6) is 0 Å². The van der Waals surface area contributed by atoms with Crippen molar-refractivity contribution in [3.8, 4) is 0 Å². The van der Waals surface area contributed by atoms with Gasteiger partial charge in [0.1, 0.15) is 6.61 Å². The Hall–Kier alpha value is -0.570. The molecule has 8 heavy (non-hydrogen) atoms. The molecule has 0 spiro atoms. The van der Waals surface area contributed by atoms with Gasteiger partial charge in [-0.1, -0.05) is 6.92 Å². The van der Waals surface area contributed by atoms with Crippen molar-refractivity contribution in [2.24, 2.45) is 11.7 Å². The molecule has 1 saturated heterocycles. The van der Waals surface area contributed by atoms with Crippen molar-refractivity contribution in [2.45, 2.75) is 13.0 Å². The molecule has 3 nitrogen and oxygen atoms in total. The second-order valence-electron chi connectivity index (χ2n) is 2.08.